The second-order valence-electron chi connectivity index (χ2n) is 8.71. The summed E-state index contributed by atoms with van der Waals surface area (Å²) < 4.78 is 31.2. The van der Waals surface area contributed by atoms with Crippen LogP contribution in [-0.2, 0) is 0 Å². The number of rotatable bonds is 4. The molecule has 2 atom stereocenters. The van der Waals surface area contributed by atoms with Crippen LogP contribution in [0.25, 0.3) is 22.2 Å². The van der Waals surface area contributed by atoms with Crippen molar-refractivity contribution in [3.63, 3.8) is 0 Å². The number of benzene rings is 1. The molecule has 0 saturated carbocycles. The highest BCUT2D eigenvalue weighted by Crippen LogP contribution is 2.40. The summed E-state index contributed by atoms with van der Waals surface area (Å²) in [7, 11) is 0. The Labute approximate surface area is 183 Å². The fraction of sp³-hybridized carbons (Fsp3) is 0.348. The molecule has 2 N–H and O–H groups in total. The van der Waals surface area contributed by atoms with Crippen molar-refractivity contribution in [1.29, 1.82) is 0 Å². The van der Waals surface area contributed by atoms with Crippen molar-refractivity contribution in [2.24, 2.45) is 0 Å². The summed E-state index contributed by atoms with van der Waals surface area (Å²) in [5, 5.41) is 15.9. The van der Waals surface area contributed by atoms with E-state index in [1.807, 2.05) is 35.0 Å². The third-order valence-electron chi connectivity index (χ3n) is 6.50. The minimum atomic E-state index is -1.06. The number of nitrogens with zero attached hydrogens (tertiary/aromatic N) is 5. The zero-order valence-electron chi connectivity index (χ0n) is 17.6. The first kappa shape index (κ1) is 19.4. The van der Waals surface area contributed by atoms with E-state index in [1.54, 1.807) is 18.3 Å². The molecule has 0 aliphatic carbocycles. The minimum absolute atomic E-state index is 0.162. The number of aromatic nitrogens is 5. The molecule has 1 aromatic carbocycles. The Balaban J connectivity index is 1.39. The zero-order chi connectivity index (χ0) is 21.8. The van der Waals surface area contributed by atoms with Crippen LogP contribution in [0.2, 0.25) is 0 Å². The van der Waals surface area contributed by atoms with Crippen LogP contribution < -0.4 is 10.2 Å². The molecular formula is C23H23F2N7. The normalized spacial score (nSPS) is 21.4. The number of pyridine rings is 1. The molecular weight excluding hydrogens is 412 g/mol. The predicted molar refractivity (Wildman–Crippen MR) is 118 cm³/mol. The van der Waals surface area contributed by atoms with Gasteiger partial charge in [0, 0.05) is 48.6 Å². The van der Waals surface area contributed by atoms with Crippen molar-refractivity contribution >= 4 is 16.9 Å². The summed E-state index contributed by atoms with van der Waals surface area (Å²) in [5.74, 6) is 0.271. The first-order valence-electron chi connectivity index (χ1n) is 10.8. The standard InChI is InChI=1S/C23H23F2N7/c1-13-2-3-20(25)18(4-13)21-6-16(24)12-31(21)23-19-5-14(7-27-22(19)29-30-23)15-8-28-32(11-15)17-9-26-10-17/h2-5,7-8,11,16-17,21,26H,6,9-10,12H2,1H3,(H,27,29,30)/t16-,21+/m0/s1. The summed E-state index contributed by atoms with van der Waals surface area (Å²) in [6.07, 6.45) is 4.80. The summed E-state index contributed by atoms with van der Waals surface area (Å²) in [6.45, 7) is 3.91. The van der Waals surface area contributed by atoms with Gasteiger partial charge in [-0.15, -0.1) is 0 Å². The quantitative estimate of drug-likeness (QED) is 0.511. The number of halogens is 2. The first-order valence-corrected chi connectivity index (χ1v) is 10.8. The number of aryl methyl sites for hydroxylation is 1. The molecule has 164 valence electrons. The van der Waals surface area contributed by atoms with E-state index in [1.165, 1.54) is 6.07 Å². The molecule has 7 nitrogen and oxygen atoms in total. The lowest BCUT2D eigenvalue weighted by Gasteiger charge is -2.27. The molecule has 0 unspecified atom stereocenters. The van der Waals surface area contributed by atoms with Gasteiger partial charge >= 0.3 is 0 Å². The predicted octanol–water partition coefficient (Wildman–Crippen LogP) is 3.70. The molecule has 5 heterocycles. The van der Waals surface area contributed by atoms with Gasteiger partial charge in [-0.2, -0.15) is 10.2 Å². The van der Waals surface area contributed by atoms with E-state index in [2.05, 4.69) is 25.6 Å². The van der Waals surface area contributed by atoms with E-state index in [-0.39, 0.29) is 18.8 Å². The Morgan fingerprint density at radius 2 is 2.00 bits per heavy atom. The van der Waals surface area contributed by atoms with Crippen molar-refractivity contribution in [3.8, 4) is 11.1 Å². The number of fused-ring (bicyclic) bond motifs is 1. The largest absolute Gasteiger partial charge is 0.344 e. The molecule has 2 saturated heterocycles. The average molecular weight is 435 g/mol. The molecule has 3 aromatic heterocycles. The third-order valence-corrected chi connectivity index (χ3v) is 6.50. The molecule has 0 radical (unpaired) electrons. The second-order valence-corrected chi connectivity index (χ2v) is 8.71. The van der Waals surface area contributed by atoms with Crippen LogP contribution in [0.5, 0.6) is 0 Å². The SMILES string of the molecule is Cc1ccc(F)c([C@H]2C[C@H](F)CN2c2n[nH]c3ncc(-c4cnn(C5CNC5)c4)cc23)c1. The minimum Gasteiger partial charge on any atom is -0.344 e. The molecule has 4 aromatic rings. The Morgan fingerprint density at radius 1 is 1.12 bits per heavy atom. The lowest BCUT2D eigenvalue weighted by Crippen LogP contribution is -2.43. The number of H-pyrrole nitrogens is 1. The monoisotopic (exact) mass is 435 g/mol. The lowest BCUT2D eigenvalue weighted by molar-refractivity contribution is 0.318. The number of aromatic amines is 1. The molecule has 2 aliphatic rings. The zero-order valence-corrected chi connectivity index (χ0v) is 17.6. The Hall–Kier alpha value is -3.33. The van der Waals surface area contributed by atoms with Crippen molar-refractivity contribution in [1.82, 2.24) is 30.3 Å². The van der Waals surface area contributed by atoms with Gasteiger partial charge in [-0.3, -0.25) is 9.78 Å². The number of alkyl halides is 1. The molecule has 2 aliphatic heterocycles. The van der Waals surface area contributed by atoms with Crippen molar-refractivity contribution in [3.05, 3.63) is 59.8 Å². The van der Waals surface area contributed by atoms with Gasteiger partial charge in [0.2, 0.25) is 0 Å². The van der Waals surface area contributed by atoms with E-state index in [0.717, 1.165) is 35.2 Å². The van der Waals surface area contributed by atoms with Gasteiger partial charge in [-0.25, -0.2) is 13.8 Å². The van der Waals surface area contributed by atoms with Crippen LogP contribution in [0, 0.1) is 12.7 Å². The van der Waals surface area contributed by atoms with Gasteiger partial charge in [-0.05, 0) is 19.1 Å². The van der Waals surface area contributed by atoms with Crippen molar-refractivity contribution < 1.29 is 8.78 Å². The molecule has 0 bridgehead atoms. The molecule has 0 amide bonds. The molecule has 0 spiro atoms. The summed E-state index contributed by atoms with van der Waals surface area (Å²) >= 11 is 0. The second kappa shape index (κ2) is 7.37. The fourth-order valence-electron chi connectivity index (χ4n) is 4.65. The highest BCUT2D eigenvalue weighted by atomic mass is 19.1. The smallest absolute Gasteiger partial charge is 0.160 e. The lowest BCUT2D eigenvalue weighted by atomic mass is 10.0. The summed E-state index contributed by atoms with van der Waals surface area (Å²) in [5.41, 5.74) is 3.93. The molecule has 32 heavy (non-hydrogen) atoms. The van der Waals surface area contributed by atoms with E-state index in [9.17, 15) is 8.78 Å². The van der Waals surface area contributed by atoms with E-state index in [4.69, 9.17) is 0 Å². The fourth-order valence-corrected chi connectivity index (χ4v) is 4.65. The number of hydrogen-bond acceptors (Lipinski definition) is 5. The van der Waals surface area contributed by atoms with Gasteiger partial charge in [0.25, 0.3) is 0 Å². The maximum atomic E-state index is 14.7. The topological polar surface area (TPSA) is 74.7 Å². The van der Waals surface area contributed by atoms with E-state index >= 15 is 0 Å². The van der Waals surface area contributed by atoms with Crippen LogP contribution >= 0.6 is 0 Å². The third kappa shape index (κ3) is 3.15. The van der Waals surface area contributed by atoms with Gasteiger partial charge in [0.1, 0.15) is 12.0 Å². The summed E-state index contributed by atoms with van der Waals surface area (Å²) in [4.78, 5) is 6.38. The number of anilines is 1. The highest BCUT2D eigenvalue weighted by Gasteiger charge is 2.37. The molecule has 2 fully saturated rings. The average Bonchev–Trinajstić information content (AvgIpc) is 3.46. The molecule has 6 rings (SSSR count). The number of hydrogen-bond donors (Lipinski definition) is 2. The van der Waals surface area contributed by atoms with Gasteiger partial charge in [0.05, 0.1) is 30.2 Å². The highest BCUT2D eigenvalue weighted by molar-refractivity contribution is 5.91. The molecule has 9 heteroatoms. The van der Waals surface area contributed by atoms with Crippen molar-refractivity contribution in [2.45, 2.75) is 31.6 Å². The van der Waals surface area contributed by atoms with Gasteiger partial charge in [0.15, 0.2) is 11.5 Å². The van der Waals surface area contributed by atoms with Crippen LogP contribution in [0.3, 0.4) is 0 Å². The Morgan fingerprint density at radius 3 is 2.81 bits per heavy atom. The van der Waals surface area contributed by atoms with Crippen LogP contribution in [-0.4, -0.2) is 50.8 Å². The van der Waals surface area contributed by atoms with Crippen LogP contribution in [0.15, 0.2) is 42.9 Å². The maximum absolute atomic E-state index is 14.7. The first-order chi connectivity index (χ1) is 15.6. The Kier molecular flexibility index (Phi) is 4.46. The summed E-state index contributed by atoms with van der Waals surface area (Å²) in [6, 6.07) is 6.93. The van der Waals surface area contributed by atoms with E-state index in [0.29, 0.717) is 23.1 Å². The van der Waals surface area contributed by atoms with Crippen LogP contribution in [0.4, 0.5) is 14.6 Å². The van der Waals surface area contributed by atoms with E-state index < -0.39 is 12.2 Å². The van der Waals surface area contributed by atoms with Crippen molar-refractivity contribution in [2.75, 3.05) is 24.5 Å². The van der Waals surface area contributed by atoms with Crippen LogP contribution in [0.1, 0.15) is 29.6 Å². The van der Waals surface area contributed by atoms with Gasteiger partial charge < -0.3 is 10.2 Å². The Bertz CT molecular complexity index is 1290. The number of nitrogens with one attached hydrogen (secondary N) is 2. The maximum Gasteiger partial charge on any atom is 0.160 e. The van der Waals surface area contributed by atoms with Gasteiger partial charge in [-0.1, -0.05) is 17.7 Å².